The van der Waals surface area contributed by atoms with Gasteiger partial charge in [0.15, 0.2) is 0 Å². The monoisotopic (exact) mass is 268 g/mol. The van der Waals surface area contributed by atoms with Crippen LogP contribution in [0.5, 0.6) is 0 Å². The molecule has 2 fully saturated rings. The Morgan fingerprint density at radius 3 is 2.95 bits per heavy atom. The van der Waals surface area contributed by atoms with Crippen LogP contribution < -0.4 is 10.6 Å². The smallest absolute Gasteiger partial charge is 0.240 e. The molecule has 2 aliphatic rings. The van der Waals surface area contributed by atoms with Gasteiger partial charge in [-0.15, -0.1) is 0 Å². The zero-order chi connectivity index (χ0) is 13.6. The molecule has 1 unspecified atom stereocenters. The highest BCUT2D eigenvalue weighted by Crippen LogP contribution is 2.28. The molecule has 110 valence electrons. The summed E-state index contributed by atoms with van der Waals surface area (Å²) in [6.45, 7) is 5.52. The number of carbonyl (C=O) groups excluding carboxylic acids is 1. The largest absolute Gasteiger partial charge is 0.381 e. The minimum absolute atomic E-state index is 0.189. The first kappa shape index (κ1) is 14.8. The van der Waals surface area contributed by atoms with Gasteiger partial charge < -0.3 is 15.4 Å². The van der Waals surface area contributed by atoms with Crippen LogP contribution >= 0.6 is 0 Å². The highest BCUT2D eigenvalue weighted by atomic mass is 16.5. The van der Waals surface area contributed by atoms with Crippen molar-refractivity contribution < 1.29 is 9.53 Å². The second-order valence-electron chi connectivity index (χ2n) is 5.99. The van der Waals surface area contributed by atoms with E-state index in [0.29, 0.717) is 0 Å². The number of amides is 1. The maximum atomic E-state index is 12.3. The van der Waals surface area contributed by atoms with E-state index in [2.05, 4.69) is 17.6 Å². The van der Waals surface area contributed by atoms with Crippen LogP contribution in [0.1, 0.15) is 51.9 Å². The van der Waals surface area contributed by atoms with Crippen molar-refractivity contribution in [3.05, 3.63) is 0 Å². The van der Waals surface area contributed by atoms with E-state index in [9.17, 15) is 4.79 Å². The van der Waals surface area contributed by atoms with Crippen LogP contribution in [0, 0.1) is 5.92 Å². The lowest BCUT2D eigenvalue weighted by molar-refractivity contribution is -0.127. The van der Waals surface area contributed by atoms with Gasteiger partial charge in [0, 0.05) is 19.8 Å². The predicted molar refractivity (Wildman–Crippen MR) is 76.0 cm³/mol. The second kappa shape index (κ2) is 7.25. The molecule has 1 aliphatic carbocycles. The molecule has 2 N–H and O–H groups in total. The van der Waals surface area contributed by atoms with E-state index in [4.69, 9.17) is 4.74 Å². The summed E-state index contributed by atoms with van der Waals surface area (Å²) in [7, 11) is 0. The van der Waals surface area contributed by atoms with Gasteiger partial charge in [-0.3, -0.25) is 4.79 Å². The summed E-state index contributed by atoms with van der Waals surface area (Å²) in [5.41, 5.74) is -0.288. The fraction of sp³-hybridized carbons (Fsp3) is 0.933. The van der Waals surface area contributed by atoms with Crippen molar-refractivity contribution in [1.29, 1.82) is 0 Å². The van der Waals surface area contributed by atoms with Crippen molar-refractivity contribution in [2.75, 3.05) is 26.3 Å². The van der Waals surface area contributed by atoms with Crippen LogP contribution in [-0.4, -0.2) is 37.7 Å². The summed E-state index contributed by atoms with van der Waals surface area (Å²) in [6.07, 6.45) is 7.66. The quantitative estimate of drug-likeness (QED) is 0.627. The lowest BCUT2D eigenvalue weighted by atomic mass is 9.91. The molecule has 1 aliphatic heterocycles. The van der Waals surface area contributed by atoms with E-state index in [1.165, 1.54) is 12.8 Å². The molecule has 1 saturated carbocycles. The van der Waals surface area contributed by atoms with Crippen molar-refractivity contribution >= 4 is 5.91 Å². The third-order valence-corrected chi connectivity index (χ3v) is 4.16. The first-order chi connectivity index (χ1) is 9.27. The Hall–Kier alpha value is -0.610. The Labute approximate surface area is 116 Å². The number of hydrogen-bond donors (Lipinski definition) is 2. The molecule has 1 amide bonds. The van der Waals surface area contributed by atoms with Gasteiger partial charge in [-0.05, 0) is 51.0 Å². The number of hydrogen-bond acceptors (Lipinski definition) is 3. The molecular formula is C15H28N2O2. The number of rotatable bonds is 9. The lowest BCUT2D eigenvalue weighted by Crippen LogP contribution is -2.53. The Bertz CT molecular complexity index is 284. The Balaban J connectivity index is 1.59. The molecule has 1 atom stereocenters. The van der Waals surface area contributed by atoms with Crippen LogP contribution in [0.2, 0.25) is 0 Å². The van der Waals surface area contributed by atoms with Gasteiger partial charge in [-0.1, -0.05) is 13.3 Å². The number of carbonyl (C=O) groups is 1. The van der Waals surface area contributed by atoms with Crippen molar-refractivity contribution in [2.24, 2.45) is 5.92 Å². The summed E-state index contributed by atoms with van der Waals surface area (Å²) < 4.78 is 5.57. The molecule has 0 radical (unpaired) electrons. The maximum absolute atomic E-state index is 12.3. The van der Waals surface area contributed by atoms with Crippen LogP contribution in [0.15, 0.2) is 0 Å². The van der Waals surface area contributed by atoms with E-state index >= 15 is 0 Å². The molecule has 2 rings (SSSR count). The normalized spacial score (nSPS) is 26.6. The summed E-state index contributed by atoms with van der Waals surface area (Å²) in [6, 6.07) is 0. The Kier molecular flexibility index (Phi) is 5.64. The van der Waals surface area contributed by atoms with Crippen LogP contribution in [0.3, 0.4) is 0 Å². The van der Waals surface area contributed by atoms with Crippen LogP contribution in [0.25, 0.3) is 0 Å². The average molecular weight is 268 g/mol. The topological polar surface area (TPSA) is 50.4 Å². The molecule has 19 heavy (non-hydrogen) atoms. The molecule has 4 nitrogen and oxygen atoms in total. The van der Waals surface area contributed by atoms with Gasteiger partial charge >= 0.3 is 0 Å². The van der Waals surface area contributed by atoms with Gasteiger partial charge in [-0.2, -0.15) is 0 Å². The van der Waals surface area contributed by atoms with Crippen molar-refractivity contribution in [3.63, 3.8) is 0 Å². The fourth-order valence-corrected chi connectivity index (χ4v) is 2.83. The SMILES string of the molecule is CCCC1(C(=O)NCCCOCC2CC2)CCCN1. The van der Waals surface area contributed by atoms with Crippen LogP contribution in [0.4, 0.5) is 0 Å². The molecule has 0 bridgehead atoms. The van der Waals surface area contributed by atoms with Crippen molar-refractivity contribution in [2.45, 2.75) is 57.4 Å². The predicted octanol–water partition coefficient (Wildman–Crippen LogP) is 1.84. The lowest BCUT2D eigenvalue weighted by Gasteiger charge is -2.27. The van der Waals surface area contributed by atoms with Gasteiger partial charge in [-0.25, -0.2) is 0 Å². The molecule has 0 aromatic rings. The number of ether oxygens (including phenoxy) is 1. The molecule has 0 aromatic carbocycles. The minimum Gasteiger partial charge on any atom is -0.381 e. The average Bonchev–Trinajstić information content (AvgIpc) is 3.11. The molecule has 1 saturated heterocycles. The van der Waals surface area contributed by atoms with E-state index in [1.54, 1.807) is 0 Å². The maximum Gasteiger partial charge on any atom is 0.240 e. The minimum atomic E-state index is -0.288. The van der Waals surface area contributed by atoms with Gasteiger partial charge in [0.2, 0.25) is 5.91 Å². The first-order valence-electron chi connectivity index (χ1n) is 7.88. The Morgan fingerprint density at radius 1 is 1.47 bits per heavy atom. The first-order valence-corrected chi connectivity index (χ1v) is 7.88. The summed E-state index contributed by atoms with van der Waals surface area (Å²) in [5, 5.41) is 6.48. The van der Waals surface area contributed by atoms with Gasteiger partial charge in [0.1, 0.15) is 0 Å². The van der Waals surface area contributed by atoms with E-state index in [1.807, 2.05) is 0 Å². The number of nitrogens with one attached hydrogen (secondary N) is 2. The molecule has 0 spiro atoms. The third-order valence-electron chi connectivity index (χ3n) is 4.16. The molecule has 1 heterocycles. The third kappa shape index (κ3) is 4.46. The zero-order valence-corrected chi connectivity index (χ0v) is 12.2. The van der Waals surface area contributed by atoms with E-state index < -0.39 is 0 Å². The highest BCUT2D eigenvalue weighted by Gasteiger charge is 2.39. The summed E-state index contributed by atoms with van der Waals surface area (Å²) in [4.78, 5) is 12.3. The standard InChI is InChI=1S/C15H28N2O2/c1-2-7-15(8-3-10-17-15)14(18)16-9-4-11-19-12-13-5-6-13/h13,17H,2-12H2,1H3,(H,16,18). The van der Waals surface area contributed by atoms with Crippen molar-refractivity contribution in [3.8, 4) is 0 Å². The fourth-order valence-electron chi connectivity index (χ4n) is 2.83. The van der Waals surface area contributed by atoms with Gasteiger partial charge in [0.05, 0.1) is 5.54 Å². The second-order valence-corrected chi connectivity index (χ2v) is 5.99. The highest BCUT2D eigenvalue weighted by molar-refractivity contribution is 5.86. The zero-order valence-electron chi connectivity index (χ0n) is 12.2. The van der Waals surface area contributed by atoms with Crippen LogP contribution in [-0.2, 0) is 9.53 Å². The van der Waals surface area contributed by atoms with Crippen molar-refractivity contribution in [1.82, 2.24) is 10.6 Å². The molecule has 0 aromatic heterocycles. The molecule has 4 heteroatoms. The van der Waals surface area contributed by atoms with E-state index in [0.717, 1.165) is 64.3 Å². The summed E-state index contributed by atoms with van der Waals surface area (Å²) in [5.74, 6) is 1.01. The Morgan fingerprint density at radius 2 is 2.32 bits per heavy atom. The van der Waals surface area contributed by atoms with Gasteiger partial charge in [0.25, 0.3) is 0 Å². The van der Waals surface area contributed by atoms with E-state index in [-0.39, 0.29) is 11.4 Å². The summed E-state index contributed by atoms with van der Waals surface area (Å²) >= 11 is 0. The molecular weight excluding hydrogens is 240 g/mol.